The van der Waals surface area contributed by atoms with Crippen LogP contribution in [-0.2, 0) is 4.79 Å². The number of carbonyl (C=O) groups excluding carboxylic acids is 1. The van der Waals surface area contributed by atoms with Crippen LogP contribution in [0.2, 0.25) is 0 Å². The van der Waals surface area contributed by atoms with E-state index in [2.05, 4.69) is 13.8 Å². The summed E-state index contributed by atoms with van der Waals surface area (Å²) in [5.74, 6) is -1.02. The van der Waals surface area contributed by atoms with Gasteiger partial charge in [-0.05, 0) is 18.8 Å². The quantitative estimate of drug-likeness (QED) is 0.117. The van der Waals surface area contributed by atoms with Crippen molar-refractivity contribution in [3.63, 3.8) is 0 Å². The summed E-state index contributed by atoms with van der Waals surface area (Å²) in [6, 6.07) is 0. The first-order chi connectivity index (χ1) is 15.7. The van der Waals surface area contributed by atoms with E-state index < -0.39 is 5.97 Å². The lowest BCUT2D eigenvalue weighted by Gasteiger charge is -2.17. The van der Waals surface area contributed by atoms with Gasteiger partial charge in [-0.25, -0.2) is 0 Å². The highest BCUT2D eigenvalue weighted by molar-refractivity contribution is 5.67. The molecule has 0 spiro atoms. The SMILES string of the molecule is CCCCCCCCCCCCCCCCC(CCCCCCCCCCCC)C(=O)[O-]. The summed E-state index contributed by atoms with van der Waals surface area (Å²) < 4.78 is 0. The number of aliphatic carboxylic acids is 1. The molecule has 1 atom stereocenters. The number of rotatable bonds is 27. The van der Waals surface area contributed by atoms with Gasteiger partial charge in [0.25, 0.3) is 0 Å². The largest absolute Gasteiger partial charge is 0.550 e. The summed E-state index contributed by atoms with van der Waals surface area (Å²) in [4.78, 5) is 11.4. The summed E-state index contributed by atoms with van der Waals surface area (Å²) in [7, 11) is 0. The lowest BCUT2D eigenvalue weighted by atomic mass is 9.94. The summed E-state index contributed by atoms with van der Waals surface area (Å²) >= 11 is 0. The third kappa shape index (κ3) is 24.1. The third-order valence-corrected chi connectivity index (χ3v) is 7.15. The van der Waals surface area contributed by atoms with Crippen molar-refractivity contribution < 1.29 is 9.90 Å². The second kappa shape index (κ2) is 26.7. The predicted octanol–water partition coefficient (Wildman–Crippen LogP) is 9.53. The van der Waals surface area contributed by atoms with E-state index in [1.54, 1.807) is 0 Å². The molecular weight excluding hydrogens is 392 g/mol. The summed E-state index contributed by atoms with van der Waals surface area (Å²) in [6.45, 7) is 4.54. The molecule has 0 fully saturated rings. The lowest BCUT2D eigenvalue weighted by molar-refractivity contribution is -0.312. The number of hydrogen-bond donors (Lipinski definition) is 0. The zero-order valence-corrected chi connectivity index (χ0v) is 22.3. The van der Waals surface area contributed by atoms with Gasteiger partial charge in [-0.15, -0.1) is 0 Å². The molecule has 0 saturated heterocycles. The summed E-state index contributed by atoms with van der Waals surface area (Å²) in [5.41, 5.74) is 0. The summed E-state index contributed by atoms with van der Waals surface area (Å²) in [5, 5.41) is 11.4. The van der Waals surface area contributed by atoms with Crippen molar-refractivity contribution in [3.05, 3.63) is 0 Å². The minimum Gasteiger partial charge on any atom is -0.550 e. The van der Waals surface area contributed by atoms with Gasteiger partial charge < -0.3 is 9.90 Å². The van der Waals surface area contributed by atoms with E-state index in [1.165, 1.54) is 141 Å². The third-order valence-electron chi connectivity index (χ3n) is 7.15. The van der Waals surface area contributed by atoms with Crippen molar-refractivity contribution in [1.29, 1.82) is 0 Å². The minimum atomic E-state index is -0.810. The van der Waals surface area contributed by atoms with Gasteiger partial charge >= 0.3 is 0 Å². The van der Waals surface area contributed by atoms with E-state index in [0.717, 1.165) is 25.7 Å². The Labute approximate surface area is 202 Å². The van der Waals surface area contributed by atoms with Crippen molar-refractivity contribution in [2.24, 2.45) is 5.92 Å². The van der Waals surface area contributed by atoms with Gasteiger partial charge in [-0.1, -0.05) is 168 Å². The van der Waals surface area contributed by atoms with Gasteiger partial charge in [-0.2, -0.15) is 0 Å². The Hall–Kier alpha value is -0.530. The second-order valence-electron chi connectivity index (χ2n) is 10.4. The van der Waals surface area contributed by atoms with Crippen LogP contribution in [0, 0.1) is 5.92 Å². The highest BCUT2D eigenvalue weighted by Gasteiger charge is 2.09. The zero-order chi connectivity index (χ0) is 23.5. The molecule has 0 bridgehead atoms. The van der Waals surface area contributed by atoms with Crippen molar-refractivity contribution in [1.82, 2.24) is 0 Å². The Morgan fingerprint density at radius 3 is 0.875 bits per heavy atom. The first-order valence-corrected chi connectivity index (χ1v) is 14.9. The van der Waals surface area contributed by atoms with Crippen LogP contribution in [0.5, 0.6) is 0 Å². The Bertz CT molecular complexity index is 366. The molecule has 0 aromatic rings. The van der Waals surface area contributed by atoms with Gasteiger partial charge in [0, 0.05) is 5.97 Å². The molecule has 2 heteroatoms. The molecule has 0 aliphatic heterocycles. The van der Waals surface area contributed by atoms with Gasteiger partial charge in [0.15, 0.2) is 0 Å². The molecule has 0 rings (SSSR count). The van der Waals surface area contributed by atoms with Crippen LogP contribution in [0.3, 0.4) is 0 Å². The first kappa shape index (κ1) is 31.5. The highest BCUT2D eigenvalue weighted by Crippen LogP contribution is 2.19. The van der Waals surface area contributed by atoms with Gasteiger partial charge in [0.1, 0.15) is 0 Å². The van der Waals surface area contributed by atoms with Crippen LogP contribution >= 0.6 is 0 Å². The number of carboxylic acid groups (broad SMARTS) is 1. The fourth-order valence-electron chi connectivity index (χ4n) is 4.84. The fraction of sp³-hybridized carbons (Fsp3) is 0.967. The number of unbranched alkanes of at least 4 members (excludes halogenated alkanes) is 22. The molecule has 2 nitrogen and oxygen atoms in total. The monoisotopic (exact) mass is 451 g/mol. The van der Waals surface area contributed by atoms with E-state index in [4.69, 9.17) is 0 Å². The lowest BCUT2D eigenvalue weighted by Crippen LogP contribution is -2.31. The Kier molecular flexibility index (Phi) is 26.3. The normalized spacial score (nSPS) is 12.3. The minimum absolute atomic E-state index is 0.207. The van der Waals surface area contributed by atoms with Crippen molar-refractivity contribution >= 4 is 5.97 Å². The molecule has 0 aliphatic carbocycles. The molecule has 0 saturated carbocycles. The number of carboxylic acids is 1. The van der Waals surface area contributed by atoms with Crippen LogP contribution in [0.15, 0.2) is 0 Å². The topological polar surface area (TPSA) is 40.1 Å². The predicted molar refractivity (Wildman–Crippen MR) is 140 cm³/mol. The van der Waals surface area contributed by atoms with E-state index in [0.29, 0.717) is 0 Å². The van der Waals surface area contributed by atoms with Gasteiger partial charge in [0.05, 0.1) is 0 Å². The molecule has 192 valence electrons. The fourth-order valence-corrected chi connectivity index (χ4v) is 4.84. The number of carbonyl (C=O) groups is 1. The molecule has 32 heavy (non-hydrogen) atoms. The average molecular weight is 452 g/mol. The maximum atomic E-state index is 11.4. The maximum Gasteiger partial charge on any atom is 0.0445 e. The number of hydrogen-bond acceptors (Lipinski definition) is 2. The second-order valence-corrected chi connectivity index (χ2v) is 10.4. The zero-order valence-electron chi connectivity index (χ0n) is 22.3. The van der Waals surface area contributed by atoms with E-state index in [-0.39, 0.29) is 5.92 Å². The Balaban J connectivity index is 3.41. The molecule has 0 N–H and O–H groups in total. The van der Waals surface area contributed by atoms with Gasteiger partial charge in [-0.3, -0.25) is 0 Å². The molecule has 0 radical (unpaired) electrons. The highest BCUT2D eigenvalue weighted by atomic mass is 16.4. The van der Waals surface area contributed by atoms with E-state index in [9.17, 15) is 9.90 Å². The van der Waals surface area contributed by atoms with Crippen LogP contribution in [0.1, 0.15) is 181 Å². The Morgan fingerprint density at radius 1 is 0.438 bits per heavy atom. The van der Waals surface area contributed by atoms with E-state index >= 15 is 0 Å². The van der Waals surface area contributed by atoms with Crippen molar-refractivity contribution in [2.45, 2.75) is 181 Å². The molecule has 0 aromatic carbocycles. The average Bonchev–Trinajstić information content (AvgIpc) is 2.78. The molecule has 0 aromatic heterocycles. The van der Waals surface area contributed by atoms with E-state index in [1.807, 2.05) is 0 Å². The standard InChI is InChI=1S/C30H60O2/c1-3-5-7-9-11-13-15-16-17-18-20-22-24-26-28-29(30(31)32)27-25-23-21-19-14-12-10-8-6-4-2/h29H,3-28H2,1-2H3,(H,31,32)/p-1. The maximum absolute atomic E-state index is 11.4. The molecule has 0 amide bonds. The molecule has 1 unspecified atom stereocenters. The van der Waals surface area contributed by atoms with Crippen LogP contribution < -0.4 is 5.11 Å². The van der Waals surface area contributed by atoms with Crippen LogP contribution in [0.4, 0.5) is 0 Å². The van der Waals surface area contributed by atoms with Crippen LogP contribution in [-0.4, -0.2) is 5.97 Å². The first-order valence-electron chi connectivity index (χ1n) is 14.9. The molecule has 0 aliphatic rings. The molecule has 0 heterocycles. The van der Waals surface area contributed by atoms with Gasteiger partial charge in [0.2, 0.25) is 0 Å². The van der Waals surface area contributed by atoms with Crippen molar-refractivity contribution in [2.75, 3.05) is 0 Å². The van der Waals surface area contributed by atoms with Crippen molar-refractivity contribution in [3.8, 4) is 0 Å². The summed E-state index contributed by atoms with van der Waals surface area (Å²) in [6.07, 6.45) is 33.6. The molecular formula is C30H59O2-. The van der Waals surface area contributed by atoms with Crippen LogP contribution in [0.25, 0.3) is 0 Å². The Morgan fingerprint density at radius 2 is 0.656 bits per heavy atom. The smallest absolute Gasteiger partial charge is 0.0445 e.